The molecule has 0 atom stereocenters. The number of carbonyl (C=O) groups is 1. The van der Waals surface area contributed by atoms with E-state index in [-0.39, 0.29) is 0 Å². The Morgan fingerprint density at radius 2 is 2.07 bits per heavy atom. The molecule has 0 radical (unpaired) electrons. The van der Waals surface area contributed by atoms with Gasteiger partial charge in [-0.05, 0) is 30.5 Å². The normalized spacial score (nSPS) is 9.00. The highest BCUT2D eigenvalue weighted by atomic mass is 35.5. The summed E-state index contributed by atoms with van der Waals surface area (Å²) in [5, 5.41) is 8.10. The van der Waals surface area contributed by atoms with Crippen LogP contribution in [0.3, 0.4) is 0 Å². The Morgan fingerprint density at radius 1 is 1.53 bits per heavy atom. The van der Waals surface area contributed by atoms with Crippen LogP contribution in [0.2, 0.25) is 5.02 Å². The summed E-state index contributed by atoms with van der Waals surface area (Å²) in [6.45, 7) is 4.28. The summed E-state index contributed by atoms with van der Waals surface area (Å²) in [7, 11) is 0. The average Bonchev–Trinajstić information content (AvgIpc) is 2.11. The summed E-state index contributed by atoms with van der Waals surface area (Å²) < 4.78 is 0. The number of hydrogen-bond acceptors (Lipinski definition) is 1. The summed E-state index contributed by atoms with van der Waals surface area (Å²) in [5.41, 5.74) is 6.64. The molecule has 0 bridgehead atoms. The second-order valence-corrected chi connectivity index (χ2v) is 3.53. The molecule has 1 rings (SSSR count). The third kappa shape index (κ3) is 5.96. The van der Waals surface area contributed by atoms with Gasteiger partial charge in [0.25, 0.3) is 0 Å². The highest BCUT2D eigenvalue weighted by molar-refractivity contribution is 6.31. The summed E-state index contributed by atoms with van der Waals surface area (Å²) in [6, 6.07) is 6.06. The molecule has 0 heterocycles. The molecule has 0 aromatic heterocycles. The predicted molar refractivity (Wildman–Crippen MR) is 62.4 cm³/mol. The summed E-state index contributed by atoms with van der Waals surface area (Å²) in [5.74, 6) is 0. The van der Waals surface area contributed by atoms with Crippen molar-refractivity contribution in [3.8, 4) is 0 Å². The molecule has 1 aromatic carbocycles. The Hall–Kier alpha value is -1.22. The second-order valence-electron chi connectivity index (χ2n) is 3.12. The standard InChI is InChI=1S/C10H13Cl.CH3NO2/c1-3-5-9-8(2)6-4-7-10(9)11;2-1(3)4/h4,6-7H,3,5H2,1-2H3;2H2,(H,3,4). The maximum Gasteiger partial charge on any atom is 0.402 e. The van der Waals surface area contributed by atoms with E-state index < -0.39 is 6.09 Å². The summed E-state index contributed by atoms with van der Waals surface area (Å²) >= 11 is 6.01. The minimum Gasteiger partial charge on any atom is -0.465 e. The molecule has 0 aliphatic carbocycles. The van der Waals surface area contributed by atoms with Crippen molar-refractivity contribution >= 4 is 17.7 Å². The Labute approximate surface area is 94.9 Å². The van der Waals surface area contributed by atoms with Crippen LogP contribution in [0.1, 0.15) is 24.5 Å². The minimum absolute atomic E-state index is 0.909. The first-order valence-electron chi connectivity index (χ1n) is 4.71. The lowest BCUT2D eigenvalue weighted by Crippen LogP contribution is -2.03. The monoisotopic (exact) mass is 229 g/mol. The summed E-state index contributed by atoms with van der Waals surface area (Å²) in [4.78, 5) is 8.78. The zero-order chi connectivity index (χ0) is 11.8. The molecule has 0 spiro atoms. The Bertz CT molecular complexity index is 302. The van der Waals surface area contributed by atoms with Crippen molar-refractivity contribution in [1.29, 1.82) is 0 Å². The lowest BCUT2D eigenvalue weighted by Gasteiger charge is -2.05. The Balaban J connectivity index is 0.000000423. The molecule has 1 aromatic rings. The third-order valence-electron chi connectivity index (χ3n) is 1.85. The van der Waals surface area contributed by atoms with Crippen LogP contribution in [0.5, 0.6) is 0 Å². The van der Waals surface area contributed by atoms with Crippen molar-refractivity contribution in [2.24, 2.45) is 5.73 Å². The van der Waals surface area contributed by atoms with Crippen LogP contribution in [-0.4, -0.2) is 11.2 Å². The van der Waals surface area contributed by atoms with Gasteiger partial charge in [0.15, 0.2) is 0 Å². The van der Waals surface area contributed by atoms with Crippen LogP contribution in [0.25, 0.3) is 0 Å². The molecule has 0 unspecified atom stereocenters. The zero-order valence-corrected chi connectivity index (χ0v) is 9.71. The number of carboxylic acid groups (broad SMARTS) is 1. The Morgan fingerprint density at radius 3 is 2.47 bits per heavy atom. The lowest BCUT2D eigenvalue weighted by atomic mass is 10.0. The van der Waals surface area contributed by atoms with E-state index in [1.165, 1.54) is 11.1 Å². The number of halogens is 1. The number of amides is 1. The molecule has 4 heteroatoms. The number of benzene rings is 1. The minimum atomic E-state index is -1.33. The molecule has 3 N–H and O–H groups in total. The van der Waals surface area contributed by atoms with Gasteiger partial charge in [-0.2, -0.15) is 0 Å². The van der Waals surface area contributed by atoms with Gasteiger partial charge in [0, 0.05) is 5.02 Å². The fourth-order valence-corrected chi connectivity index (χ4v) is 1.55. The average molecular weight is 230 g/mol. The van der Waals surface area contributed by atoms with Gasteiger partial charge in [-0.1, -0.05) is 37.1 Å². The first kappa shape index (κ1) is 13.8. The van der Waals surface area contributed by atoms with E-state index in [4.69, 9.17) is 21.5 Å². The van der Waals surface area contributed by atoms with Gasteiger partial charge in [-0.3, -0.25) is 0 Å². The molecule has 0 aliphatic heterocycles. The fourth-order valence-electron chi connectivity index (χ4n) is 1.23. The van der Waals surface area contributed by atoms with Crippen molar-refractivity contribution in [1.82, 2.24) is 0 Å². The zero-order valence-electron chi connectivity index (χ0n) is 8.96. The van der Waals surface area contributed by atoms with Gasteiger partial charge < -0.3 is 10.8 Å². The van der Waals surface area contributed by atoms with Crippen molar-refractivity contribution in [3.63, 3.8) is 0 Å². The first-order chi connectivity index (χ1) is 6.99. The van der Waals surface area contributed by atoms with Crippen LogP contribution in [0, 0.1) is 6.92 Å². The second kappa shape index (κ2) is 7.12. The van der Waals surface area contributed by atoms with Gasteiger partial charge >= 0.3 is 6.09 Å². The van der Waals surface area contributed by atoms with Crippen molar-refractivity contribution in [2.45, 2.75) is 26.7 Å². The van der Waals surface area contributed by atoms with Crippen LogP contribution < -0.4 is 5.73 Å². The molecular formula is C11H16ClNO2. The molecule has 0 saturated carbocycles. The molecule has 0 fully saturated rings. The van der Waals surface area contributed by atoms with Crippen LogP contribution in [0.15, 0.2) is 18.2 Å². The number of aryl methyl sites for hydroxylation is 1. The Kier molecular flexibility index (Phi) is 6.54. The van der Waals surface area contributed by atoms with Crippen molar-refractivity contribution < 1.29 is 9.90 Å². The van der Waals surface area contributed by atoms with Gasteiger partial charge in [-0.15, -0.1) is 0 Å². The number of nitrogens with two attached hydrogens (primary N) is 1. The summed E-state index contributed by atoms with van der Waals surface area (Å²) in [6.07, 6.45) is 0.913. The number of hydrogen-bond donors (Lipinski definition) is 2. The van der Waals surface area contributed by atoms with E-state index >= 15 is 0 Å². The maximum absolute atomic E-state index is 8.78. The van der Waals surface area contributed by atoms with Gasteiger partial charge in [-0.25, -0.2) is 4.79 Å². The predicted octanol–water partition coefficient (Wildman–Crippen LogP) is 3.22. The molecule has 3 nitrogen and oxygen atoms in total. The topological polar surface area (TPSA) is 63.3 Å². The molecule has 15 heavy (non-hydrogen) atoms. The lowest BCUT2D eigenvalue weighted by molar-refractivity contribution is 0.205. The SMILES string of the molecule is CCCc1c(C)cccc1Cl.NC(=O)O. The van der Waals surface area contributed by atoms with Gasteiger partial charge in [0.1, 0.15) is 0 Å². The van der Waals surface area contributed by atoms with E-state index in [1.807, 2.05) is 12.1 Å². The quantitative estimate of drug-likeness (QED) is 0.818. The smallest absolute Gasteiger partial charge is 0.402 e. The van der Waals surface area contributed by atoms with Crippen LogP contribution in [0.4, 0.5) is 4.79 Å². The van der Waals surface area contributed by atoms with E-state index in [9.17, 15) is 0 Å². The third-order valence-corrected chi connectivity index (χ3v) is 2.21. The van der Waals surface area contributed by atoms with Crippen molar-refractivity contribution in [2.75, 3.05) is 0 Å². The van der Waals surface area contributed by atoms with Gasteiger partial charge in [0.05, 0.1) is 0 Å². The van der Waals surface area contributed by atoms with Crippen LogP contribution in [-0.2, 0) is 6.42 Å². The first-order valence-corrected chi connectivity index (χ1v) is 5.09. The van der Waals surface area contributed by atoms with Gasteiger partial charge in [0.2, 0.25) is 0 Å². The van der Waals surface area contributed by atoms with Crippen molar-refractivity contribution in [3.05, 3.63) is 34.3 Å². The molecule has 84 valence electrons. The van der Waals surface area contributed by atoms with Crippen LogP contribution >= 0.6 is 11.6 Å². The molecule has 0 aliphatic rings. The number of primary amides is 1. The maximum atomic E-state index is 8.78. The highest BCUT2D eigenvalue weighted by Gasteiger charge is 2.00. The van der Waals surface area contributed by atoms with E-state index in [0.717, 1.165) is 17.9 Å². The molecule has 0 saturated heterocycles. The number of rotatable bonds is 2. The molecular weight excluding hydrogens is 214 g/mol. The fraction of sp³-hybridized carbons (Fsp3) is 0.364. The highest BCUT2D eigenvalue weighted by Crippen LogP contribution is 2.20. The largest absolute Gasteiger partial charge is 0.465 e. The van der Waals surface area contributed by atoms with E-state index in [2.05, 4.69) is 25.6 Å². The van der Waals surface area contributed by atoms with E-state index in [1.54, 1.807) is 0 Å². The van der Waals surface area contributed by atoms with E-state index in [0.29, 0.717) is 0 Å². The molecule has 1 amide bonds.